The highest BCUT2D eigenvalue weighted by Crippen LogP contribution is 2.06. The number of hydrogen-bond acceptors (Lipinski definition) is 3. The summed E-state index contributed by atoms with van der Waals surface area (Å²) in [6, 6.07) is 0.327. The van der Waals surface area contributed by atoms with Crippen molar-refractivity contribution in [2.45, 2.75) is 45.7 Å². The van der Waals surface area contributed by atoms with Gasteiger partial charge in [-0.15, -0.1) is 0 Å². The molecule has 1 unspecified atom stereocenters. The van der Waals surface area contributed by atoms with Crippen LogP contribution in [0.25, 0.3) is 0 Å². The molecule has 6 nitrogen and oxygen atoms in total. The molecule has 0 spiro atoms. The van der Waals surface area contributed by atoms with Crippen LogP contribution in [0.1, 0.15) is 33.6 Å². The van der Waals surface area contributed by atoms with Gasteiger partial charge in [0.15, 0.2) is 0 Å². The Bertz CT molecular complexity index is 312. The number of nitrogens with one attached hydrogen (secondary N) is 1. The van der Waals surface area contributed by atoms with Crippen molar-refractivity contribution in [2.75, 3.05) is 26.2 Å². The molecular formula is C13H25N3O3. The van der Waals surface area contributed by atoms with Crippen LogP contribution >= 0.6 is 0 Å². The fourth-order valence-electron chi connectivity index (χ4n) is 2.16. The fraction of sp³-hybridized carbons (Fsp3) is 0.846. The third kappa shape index (κ3) is 5.46. The summed E-state index contributed by atoms with van der Waals surface area (Å²) in [5, 5.41) is 11.5. The zero-order chi connectivity index (χ0) is 14.4. The average Bonchev–Trinajstić information content (AvgIpc) is 2.36. The van der Waals surface area contributed by atoms with Crippen LogP contribution in [0.5, 0.6) is 0 Å². The molecule has 0 aromatic heterocycles. The summed E-state index contributed by atoms with van der Waals surface area (Å²) in [6.45, 7) is 9.41. The van der Waals surface area contributed by atoms with Gasteiger partial charge in [0.1, 0.15) is 0 Å². The van der Waals surface area contributed by atoms with Gasteiger partial charge in [-0.3, -0.25) is 9.69 Å². The van der Waals surface area contributed by atoms with E-state index in [9.17, 15) is 9.59 Å². The molecule has 1 aliphatic heterocycles. The summed E-state index contributed by atoms with van der Waals surface area (Å²) < 4.78 is 0. The first-order chi connectivity index (χ1) is 8.90. The van der Waals surface area contributed by atoms with Crippen molar-refractivity contribution < 1.29 is 14.7 Å². The van der Waals surface area contributed by atoms with E-state index in [0.717, 1.165) is 26.2 Å². The van der Waals surface area contributed by atoms with Crippen LogP contribution in [-0.2, 0) is 4.79 Å². The SMILES string of the molecule is CC(CCC(=O)O)NC(=O)N1CCN(C(C)C)CC1. The van der Waals surface area contributed by atoms with Crippen LogP contribution in [0, 0.1) is 0 Å². The minimum absolute atomic E-state index is 0.0821. The average molecular weight is 271 g/mol. The predicted octanol–water partition coefficient (Wildman–Crippen LogP) is 0.975. The molecule has 6 heteroatoms. The Morgan fingerprint density at radius 2 is 1.74 bits per heavy atom. The molecule has 0 aromatic carbocycles. The highest BCUT2D eigenvalue weighted by atomic mass is 16.4. The zero-order valence-corrected chi connectivity index (χ0v) is 12.1. The molecule has 0 bridgehead atoms. The largest absolute Gasteiger partial charge is 0.481 e. The van der Waals surface area contributed by atoms with Gasteiger partial charge in [0.25, 0.3) is 0 Å². The number of carbonyl (C=O) groups excluding carboxylic acids is 1. The molecule has 1 heterocycles. The lowest BCUT2D eigenvalue weighted by Gasteiger charge is -2.37. The molecule has 2 amide bonds. The van der Waals surface area contributed by atoms with Gasteiger partial charge < -0.3 is 15.3 Å². The van der Waals surface area contributed by atoms with Crippen LogP contribution in [0.2, 0.25) is 0 Å². The van der Waals surface area contributed by atoms with Gasteiger partial charge in [-0.1, -0.05) is 0 Å². The van der Waals surface area contributed by atoms with E-state index >= 15 is 0 Å². The van der Waals surface area contributed by atoms with Gasteiger partial charge in [0.05, 0.1) is 0 Å². The molecule has 1 atom stereocenters. The van der Waals surface area contributed by atoms with Crippen LogP contribution in [-0.4, -0.2) is 65.2 Å². The molecule has 1 rings (SSSR count). The number of piperazine rings is 1. The summed E-state index contributed by atoms with van der Waals surface area (Å²) in [7, 11) is 0. The van der Waals surface area contributed by atoms with Crippen molar-refractivity contribution in [3.05, 3.63) is 0 Å². The van der Waals surface area contributed by atoms with Gasteiger partial charge in [-0.2, -0.15) is 0 Å². The summed E-state index contributed by atoms with van der Waals surface area (Å²) in [4.78, 5) is 26.6. The normalized spacial score (nSPS) is 18.4. The number of urea groups is 1. The second-order valence-corrected chi connectivity index (χ2v) is 5.40. The van der Waals surface area contributed by atoms with Crippen molar-refractivity contribution in [3.63, 3.8) is 0 Å². The van der Waals surface area contributed by atoms with Gasteiger partial charge in [-0.05, 0) is 27.2 Å². The summed E-state index contributed by atoms with van der Waals surface area (Å²) in [6.07, 6.45) is 0.551. The number of carboxylic acid groups (broad SMARTS) is 1. The zero-order valence-electron chi connectivity index (χ0n) is 12.1. The van der Waals surface area contributed by atoms with E-state index < -0.39 is 5.97 Å². The van der Waals surface area contributed by atoms with E-state index in [1.807, 2.05) is 6.92 Å². The number of carbonyl (C=O) groups is 2. The van der Waals surface area contributed by atoms with Crippen LogP contribution in [0.4, 0.5) is 4.79 Å². The second kappa shape index (κ2) is 7.33. The first-order valence-corrected chi connectivity index (χ1v) is 6.91. The van der Waals surface area contributed by atoms with Gasteiger partial charge in [0.2, 0.25) is 0 Å². The monoisotopic (exact) mass is 271 g/mol. The molecule has 1 aliphatic rings. The van der Waals surface area contributed by atoms with Crippen LogP contribution < -0.4 is 5.32 Å². The predicted molar refractivity (Wildman–Crippen MR) is 73.1 cm³/mol. The molecule has 0 saturated carbocycles. The fourth-order valence-corrected chi connectivity index (χ4v) is 2.16. The number of carboxylic acids is 1. The Hall–Kier alpha value is -1.30. The van der Waals surface area contributed by atoms with E-state index in [0.29, 0.717) is 12.5 Å². The number of amides is 2. The van der Waals surface area contributed by atoms with E-state index in [-0.39, 0.29) is 18.5 Å². The molecule has 110 valence electrons. The lowest BCUT2D eigenvalue weighted by atomic mass is 10.2. The molecule has 0 aromatic rings. The van der Waals surface area contributed by atoms with Crippen molar-refractivity contribution in [3.8, 4) is 0 Å². The third-order valence-electron chi connectivity index (χ3n) is 3.49. The Morgan fingerprint density at radius 1 is 1.16 bits per heavy atom. The number of aliphatic carboxylic acids is 1. The minimum Gasteiger partial charge on any atom is -0.481 e. The number of hydrogen-bond donors (Lipinski definition) is 2. The molecule has 2 N–H and O–H groups in total. The lowest BCUT2D eigenvalue weighted by molar-refractivity contribution is -0.137. The lowest BCUT2D eigenvalue weighted by Crippen LogP contribution is -2.54. The van der Waals surface area contributed by atoms with Crippen molar-refractivity contribution >= 4 is 12.0 Å². The van der Waals surface area contributed by atoms with Crippen LogP contribution in [0.15, 0.2) is 0 Å². The third-order valence-corrected chi connectivity index (χ3v) is 3.49. The molecule has 1 fully saturated rings. The minimum atomic E-state index is -0.827. The maximum atomic E-state index is 12.0. The maximum Gasteiger partial charge on any atom is 0.317 e. The highest BCUT2D eigenvalue weighted by Gasteiger charge is 2.23. The van der Waals surface area contributed by atoms with Gasteiger partial charge in [0, 0.05) is 44.7 Å². The number of nitrogens with zero attached hydrogens (tertiary/aromatic N) is 2. The quantitative estimate of drug-likeness (QED) is 0.781. The Kier molecular flexibility index (Phi) is 6.08. The van der Waals surface area contributed by atoms with E-state index in [4.69, 9.17) is 5.11 Å². The topological polar surface area (TPSA) is 72.9 Å². The van der Waals surface area contributed by atoms with Crippen LogP contribution in [0.3, 0.4) is 0 Å². The van der Waals surface area contributed by atoms with E-state index in [1.54, 1.807) is 4.90 Å². The second-order valence-electron chi connectivity index (χ2n) is 5.40. The summed E-state index contributed by atoms with van der Waals surface area (Å²) >= 11 is 0. The summed E-state index contributed by atoms with van der Waals surface area (Å²) in [5.74, 6) is -0.827. The van der Waals surface area contributed by atoms with Crippen molar-refractivity contribution in [1.82, 2.24) is 15.1 Å². The molecule has 19 heavy (non-hydrogen) atoms. The Morgan fingerprint density at radius 3 is 2.21 bits per heavy atom. The Labute approximate surface area is 114 Å². The Balaban J connectivity index is 2.29. The molecular weight excluding hydrogens is 246 g/mol. The van der Waals surface area contributed by atoms with Gasteiger partial charge >= 0.3 is 12.0 Å². The number of rotatable bonds is 5. The highest BCUT2D eigenvalue weighted by molar-refractivity contribution is 5.74. The first-order valence-electron chi connectivity index (χ1n) is 6.91. The van der Waals surface area contributed by atoms with E-state index in [2.05, 4.69) is 24.1 Å². The van der Waals surface area contributed by atoms with Crippen molar-refractivity contribution in [1.29, 1.82) is 0 Å². The van der Waals surface area contributed by atoms with Crippen molar-refractivity contribution in [2.24, 2.45) is 0 Å². The molecule has 0 radical (unpaired) electrons. The van der Waals surface area contributed by atoms with E-state index in [1.165, 1.54) is 0 Å². The smallest absolute Gasteiger partial charge is 0.317 e. The van der Waals surface area contributed by atoms with Gasteiger partial charge in [-0.25, -0.2) is 4.79 Å². The standard InChI is InChI=1S/C13H25N3O3/c1-10(2)15-6-8-16(9-7-15)13(19)14-11(3)4-5-12(17)18/h10-11H,4-9H2,1-3H3,(H,14,19)(H,17,18). The summed E-state index contributed by atoms with van der Waals surface area (Å²) in [5.41, 5.74) is 0. The first kappa shape index (κ1) is 15.8. The molecule has 1 saturated heterocycles. The maximum absolute atomic E-state index is 12.0. The molecule has 0 aliphatic carbocycles.